The molecule has 27 heavy (non-hydrogen) atoms. The van der Waals surface area contributed by atoms with Gasteiger partial charge in [-0.1, -0.05) is 30.3 Å². The zero-order valence-electron chi connectivity index (χ0n) is 16.4. The van der Waals surface area contributed by atoms with Gasteiger partial charge in [0.25, 0.3) is 0 Å². The van der Waals surface area contributed by atoms with Gasteiger partial charge in [0, 0.05) is 65.3 Å². The van der Waals surface area contributed by atoms with E-state index in [-0.39, 0.29) is 23.8 Å². The summed E-state index contributed by atoms with van der Waals surface area (Å²) in [6.45, 7) is 5.29. The number of likely N-dealkylation sites (tertiary alicyclic amines) is 1. The van der Waals surface area contributed by atoms with Gasteiger partial charge in [-0.3, -0.25) is 19.4 Å². The average molecular weight is 374 g/mol. The molecule has 0 radical (unpaired) electrons. The summed E-state index contributed by atoms with van der Waals surface area (Å²) in [6.07, 6.45) is 0. The van der Waals surface area contributed by atoms with E-state index in [4.69, 9.17) is 5.73 Å². The Hall–Kier alpha value is -1.96. The Morgan fingerprint density at radius 3 is 2.30 bits per heavy atom. The van der Waals surface area contributed by atoms with Crippen molar-refractivity contribution in [1.29, 1.82) is 0 Å². The summed E-state index contributed by atoms with van der Waals surface area (Å²) in [4.78, 5) is 32.3. The molecule has 0 aromatic heterocycles. The first-order chi connectivity index (χ1) is 12.9. The zero-order chi connectivity index (χ0) is 19.4. The lowest BCUT2D eigenvalue weighted by molar-refractivity contribution is -0.135. The third-order valence-electron chi connectivity index (χ3n) is 5.61. The van der Waals surface area contributed by atoms with E-state index in [0.29, 0.717) is 26.2 Å². The van der Waals surface area contributed by atoms with E-state index >= 15 is 0 Å². The summed E-state index contributed by atoms with van der Waals surface area (Å²) < 4.78 is 0. The number of hydrogen-bond acceptors (Lipinski definition) is 5. The van der Waals surface area contributed by atoms with E-state index in [1.54, 1.807) is 19.0 Å². The van der Waals surface area contributed by atoms with Crippen molar-refractivity contribution in [2.75, 3.05) is 66.5 Å². The van der Waals surface area contributed by atoms with Crippen LogP contribution in [0.2, 0.25) is 0 Å². The van der Waals surface area contributed by atoms with Crippen molar-refractivity contribution in [2.24, 2.45) is 5.73 Å². The fourth-order valence-electron chi connectivity index (χ4n) is 3.87. The number of nitrogens with zero attached hydrogens (tertiary/aromatic N) is 4. The summed E-state index contributed by atoms with van der Waals surface area (Å²) in [6, 6.07) is 10.4. The van der Waals surface area contributed by atoms with Crippen LogP contribution in [0.1, 0.15) is 11.5 Å². The fraction of sp³-hybridized carbons (Fsp3) is 0.600. The second-order valence-corrected chi connectivity index (χ2v) is 7.82. The molecule has 7 heteroatoms. The third-order valence-corrected chi connectivity index (χ3v) is 5.61. The summed E-state index contributed by atoms with van der Waals surface area (Å²) in [5.74, 6) is 0.551. The van der Waals surface area contributed by atoms with Gasteiger partial charge in [0.05, 0.1) is 13.1 Å². The number of amides is 2. The molecule has 1 aromatic carbocycles. The van der Waals surface area contributed by atoms with Crippen LogP contribution in [0, 0.1) is 0 Å². The van der Waals surface area contributed by atoms with Crippen molar-refractivity contribution in [3.63, 3.8) is 0 Å². The Balaban J connectivity index is 1.46. The monoisotopic (exact) mass is 373 g/mol. The normalized spacial score (nSPS) is 24.2. The second-order valence-electron chi connectivity index (χ2n) is 7.82. The lowest BCUT2D eigenvalue weighted by atomic mass is 9.95. The molecular weight excluding hydrogens is 342 g/mol. The van der Waals surface area contributed by atoms with Crippen LogP contribution in [-0.2, 0) is 9.59 Å². The fourth-order valence-corrected chi connectivity index (χ4v) is 3.87. The smallest absolute Gasteiger partial charge is 0.236 e. The van der Waals surface area contributed by atoms with Gasteiger partial charge < -0.3 is 15.5 Å². The Kier molecular flexibility index (Phi) is 6.46. The van der Waals surface area contributed by atoms with Crippen molar-refractivity contribution < 1.29 is 9.59 Å². The van der Waals surface area contributed by atoms with Gasteiger partial charge in [-0.25, -0.2) is 0 Å². The van der Waals surface area contributed by atoms with Gasteiger partial charge in [-0.05, 0) is 5.56 Å². The molecule has 2 heterocycles. The summed E-state index contributed by atoms with van der Waals surface area (Å²) >= 11 is 0. The van der Waals surface area contributed by atoms with Crippen LogP contribution in [-0.4, -0.2) is 104 Å². The molecule has 148 valence electrons. The van der Waals surface area contributed by atoms with Crippen LogP contribution in [0.3, 0.4) is 0 Å². The molecule has 1 aromatic rings. The first-order valence-electron chi connectivity index (χ1n) is 9.67. The highest BCUT2D eigenvalue weighted by molar-refractivity contribution is 5.79. The molecule has 7 nitrogen and oxygen atoms in total. The Labute approximate surface area is 161 Å². The maximum absolute atomic E-state index is 12.7. The predicted octanol–water partition coefficient (Wildman–Crippen LogP) is -0.354. The number of carbonyl (C=O) groups is 2. The number of benzene rings is 1. The Morgan fingerprint density at radius 2 is 1.67 bits per heavy atom. The Morgan fingerprint density at radius 1 is 1.00 bits per heavy atom. The van der Waals surface area contributed by atoms with E-state index in [0.717, 1.165) is 26.2 Å². The molecular formula is C20H31N5O2. The van der Waals surface area contributed by atoms with Crippen molar-refractivity contribution in [1.82, 2.24) is 19.6 Å². The van der Waals surface area contributed by atoms with Gasteiger partial charge >= 0.3 is 0 Å². The third kappa shape index (κ3) is 5.06. The van der Waals surface area contributed by atoms with Gasteiger partial charge in [-0.2, -0.15) is 0 Å². The maximum atomic E-state index is 12.7. The molecule has 2 amide bonds. The first-order valence-corrected chi connectivity index (χ1v) is 9.67. The number of hydrogen-bond donors (Lipinski definition) is 1. The van der Waals surface area contributed by atoms with Gasteiger partial charge in [0.1, 0.15) is 0 Å². The minimum Gasteiger partial charge on any atom is -0.348 e. The first kappa shape index (κ1) is 19.8. The number of piperazine rings is 1. The van der Waals surface area contributed by atoms with Gasteiger partial charge in [-0.15, -0.1) is 0 Å². The molecule has 2 N–H and O–H groups in total. The second kappa shape index (κ2) is 8.82. The summed E-state index contributed by atoms with van der Waals surface area (Å²) in [5.41, 5.74) is 7.58. The highest BCUT2D eigenvalue weighted by atomic mass is 16.2. The largest absolute Gasteiger partial charge is 0.348 e. The minimum absolute atomic E-state index is 0.0640. The standard InChI is InChI=1S/C20H31N5O2/c1-22(2)19(26)14-23-8-10-25(11-9-23)20(27)15-24-12-17(18(21)13-24)16-6-4-3-5-7-16/h3-7,17-18H,8-15,21H2,1-2H3/t17-,18+/m0/s1. The lowest BCUT2D eigenvalue weighted by Crippen LogP contribution is -2.52. The molecule has 0 aliphatic carbocycles. The van der Waals surface area contributed by atoms with Crippen LogP contribution in [0.25, 0.3) is 0 Å². The molecule has 0 bridgehead atoms. The zero-order valence-corrected chi connectivity index (χ0v) is 16.4. The SMILES string of the molecule is CN(C)C(=O)CN1CCN(C(=O)CN2C[C@@H](N)[C@H](c3ccccc3)C2)CC1. The topological polar surface area (TPSA) is 73.1 Å². The molecule has 2 aliphatic heterocycles. The number of rotatable bonds is 5. The molecule has 2 fully saturated rings. The van der Waals surface area contributed by atoms with Crippen LogP contribution in [0.15, 0.2) is 30.3 Å². The molecule has 3 rings (SSSR count). The van der Waals surface area contributed by atoms with Crippen molar-refractivity contribution >= 4 is 11.8 Å². The highest BCUT2D eigenvalue weighted by Crippen LogP contribution is 2.26. The van der Waals surface area contributed by atoms with Crippen molar-refractivity contribution in [2.45, 2.75) is 12.0 Å². The van der Waals surface area contributed by atoms with Gasteiger partial charge in [0.15, 0.2) is 0 Å². The number of carbonyl (C=O) groups excluding carboxylic acids is 2. The predicted molar refractivity (Wildman–Crippen MR) is 105 cm³/mol. The van der Waals surface area contributed by atoms with E-state index in [1.165, 1.54) is 5.56 Å². The van der Waals surface area contributed by atoms with E-state index in [2.05, 4.69) is 21.9 Å². The molecule has 2 saturated heterocycles. The molecule has 0 spiro atoms. The molecule has 2 atom stereocenters. The highest BCUT2D eigenvalue weighted by Gasteiger charge is 2.33. The average Bonchev–Trinajstić information content (AvgIpc) is 3.03. The van der Waals surface area contributed by atoms with E-state index in [1.807, 2.05) is 23.1 Å². The van der Waals surface area contributed by atoms with Crippen LogP contribution >= 0.6 is 0 Å². The Bertz CT molecular complexity index is 643. The van der Waals surface area contributed by atoms with Crippen molar-refractivity contribution in [3.8, 4) is 0 Å². The molecule has 0 saturated carbocycles. The summed E-state index contributed by atoms with van der Waals surface area (Å²) in [5, 5.41) is 0. The molecule has 2 aliphatic rings. The number of likely N-dealkylation sites (N-methyl/N-ethyl adjacent to an activating group) is 1. The lowest BCUT2D eigenvalue weighted by Gasteiger charge is -2.35. The van der Waals surface area contributed by atoms with Crippen LogP contribution in [0.5, 0.6) is 0 Å². The van der Waals surface area contributed by atoms with Gasteiger partial charge in [0.2, 0.25) is 11.8 Å². The molecule has 0 unspecified atom stereocenters. The van der Waals surface area contributed by atoms with Crippen LogP contribution in [0.4, 0.5) is 0 Å². The van der Waals surface area contributed by atoms with E-state index in [9.17, 15) is 9.59 Å². The van der Waals surface area contributed by atoms with Crippen molar-refractivity contribution in [3.05, 3.63) is 35.9 Å². The minimum atomic E-state index is 0.0640. The summed E-state index contributed by atoms with van der Waals surface area (Å²) in [7, 11) is 3.54. The number of nitrogens with two attached hydrogens (primary N) is 1. The van der Waals surface area contributed by atoms with E-state index < -0.39 is 0 Å². The quantitative estimate of drug-likeness (QED) is 0.764. The van der Waals surface area contributed by atoms with Crippen LogP contribution < -0.4 is 5.73 Å². The maximum Gasteiger partial charge on any atom is 0.236 e.